The number of benzene rings is 1. The predicted molar refractivity (Wildman–Crippen MR) is 91.9 cm³/mol. The number of carbonyl (C=O) groups is 2. The van der Waals surface area contributed by atoms with Gasteiger partial charge in [0, 0.05) is 37.7 Å². The summed E-state index contributed by atoms with van der Waals surface area (Å²) in [5.41, 5.74) is 0.594. The Labute approximate surface area is 151 Å². The van der Waals surface area contributed by atoms with Crippen LogP contribution >= 0.6 is 0 Å². The summed E-state index contributed by atoms with van der Waals surface area (Å²) in [6, 6.07) is 7.93. The number of likely N-dealkylation sites (tertiary alicyclic amines) is 2. The van der Waals surface area contributed by atoms with Crippen molar-refractivity contribution in [3.05, 3.63) is 35.9 Å². The maximum atomic E-state index is 14.0. The molecule has 2 heterocycles. The summed E-state index contributed by atoms with van der Waals surface area (Å²) in [6.45, 7) is 0.941. The van der Waals surface area contributed by atoms with E-state index in [2.05, 4.69) is 5.32 Å². The molecule has 1 aromatic rings. The molecule has 1 atom stereocenters. The zero-order valence-electron chi connectivity index (χ0n) is 14.5. The molecule has 1 N–H and O–H groups in total. The normalized spacial score (nSPS) is 25.8. The van der Waals surface area contributed by atoms with Gasteiger partial charge in [0.15, 0.2) is 0 Å². The van der Waals surface area contributed by atoms with Gasteiger partial charge in [-0.3, -0.25) is 14.5 Å². The Bertz CT molecular complexity index is 687. The quantitative estimate of drug-likeness (QED) is 0.867. The van der Waals surface area contributed by atoms with Crippen LogP contribution in [0.5, 0.6) is 0 Å². The van der Waals surface area contributed by atoms with Crippen LogP contribution in [0.15, 0.2) is 30.3 Å². The van der Waals surface area contributed by atoms with Crippen LogP contribution in [0.2, 0.25) is 0 Å². The van der Waals surface area contributed by atoms with Gasteiger partial charge in [-0.05, 0) is 30.9 Å². The van der Waals surface area contributed by atoms with Crippen molar-refractivity contribution < 1.29 is 18.4 Å². The number of alkyl halides is 2. The van der Waals surface area contributed by atoms with E-state index in [4.69, 9.17) is 0 Å². The average Bonchev–Trinajstić information content (AvgIpc) is 3.35. The first-order chi connectivity index (χ1) is 12.4. The van der Waals surface area contributed by atoms with Gasteiger partial charge in [-0.2, -0.15) is 0 Å². The lowest BCUT2D eigenvalue weighted by atomic mass is 10.0. The van der Waals surface area contributed by atoms with Gasteiger partial charge < -0.3 is 10.2 Å². The number of nitrogens with zero attached hydrogens (tertiary/aromatic N) is 2. The molecule has 2 aliphatic heterocycles. The number of halogens is 2. The van der Waals surface area contributed by atoms with E-state index in [9.17, 15) is 18.4 Å². The number of hydrogen-bond acceptors (Lipinski definition) is 3. The minimum atomic E-state index is -2.86. The van der Waals surface area contributed by atoms with Gasteiger partial charge in [0.1, 0.15) is 0 Å². The second-order valence-corrected chi connectivity index (χ2v) is 7.67. The number of rotatable bonds is 5. The van der Waals surface area contributed by atoms with Crippen molar-refractivity contribution in [3.8, 4) is 0 Å². The van der Waals surface area contributed by atoms with Crippen LogP contribution in [0.3, 0.4) is 0 Å². The predicted octanol–water partition coefficient (Wildman–Crippen LogP) is 1.75. The average molecular weight is 363 g/mol. The monoisotopic (exact) mass is 363 g/mol. The van der Waals surface area contributed by atoms with E-state index in [1.807, 2.05) is 6.07 Å². The summed E-state index contributed by atoms with van der Waals surface area (Å²) >= 11 is 0. The van der Waals surface area contributed by atoms with Gasteiger partial charge in [-0.25, -0.2) is 8.78 Å². The standard InChI is InChI=1S/C19H23F2N3O2/c20-19(21)8-16(17(25)22-9-13-6-7-13)24(12-19)15-10-23(11-15)18(26)14-4-2-1-3-5-14/h1-5,13,15-16H,6-12H2,(H,22,25)/t16-/m0/s1. The molecule has 0 unspecified atom stereocenters. The topological polar surface area (TPSA) is 52.7 Å². The van der Waals surface area contributed by atoms with Gasteiger partial charge >= 0.3 is 0 Å². The zero-order chi connectivity index (χ0) is 18.3. The Kier molecular flexibility index (Phi) is 4.42. The van der Waals surface area contributed by atoms with Gasteiger partial charge in [-0.1, -0.05) is 18.2 Å². The second-order valence-electron chi connectivity index (χ2n) is 7.67. The highest BCUT2D eigenvalue weighted by molar-refractivity contribution is 5.94. The summed E-state index contributed by atoms with van der Waals surface area (Å²) in [5, 5.41) is 2.82. The third-order valence-corrected chi connectivity index (χ3v) is 5.51. The molecule has 0 aromatic heterocycles. The molecule has 4 rings (SSSR count). The van der Waals surface area contributed by atoms with Crippen LogP contribution in [0.4, 0.5) is 8.78 Å². The van der Waals surface area contributed by atoms with E-state index in [0.717, 1.165) is 12.8 Å². The molecule has 0 bridgehead atoms. The maximum absolute atomic E-state index is 14.0. The van der Waals surface area contributed by atoms with Gasteiger partial charge in [0.2, 0.25) is 5.91 Å². The van der Waals surface area contributed by atoms with Crippen molar-refractivity contribution in [2.75, 3.05) is 26.2 Å². The molecule has 3 aliphatic rings. The first kappa shape index (κ1) is 17.4. The van der Waals surface area contributed by atoms with Crippen molar-refractivity contribution in [2.45, 2.75) is 37.3 Å². The van der Waals surface area contributed by atoms with Crippen molar-refractivity contribution >= 4 is 11.8 Å². The van der Waals surface area contributed by atoms with Crippen LogP contribution in [0, 0.1) is 5.92 Å². The Hall–Kier alpha value is -2.02. The first-order valence-electron chi connectivity index (χ1n) is 9.18. The Morgan fingerprint density at radius 1 is 1.15 bits per heavy atom. The SMILES string of the molecule is O=C(NCC1CC1)[C@@H]1CC(F)(F)CN1C1CN(C(=O)c2ccccc2)C1. The zero-order valence-corrected chi connectivity index (χ0v) is 14.5. The molecule has 1 saturated carbocycles. The molecule has 26 heavy (non-hydrogen) atoms. The summed E-state index contributed by atoms with van der Waals surface area (Å²) in [4.78, 5) is 28.0. The summed E-state index contributed by atoms with van der Waals surface area (Å²) in [6.07, 6.45) is 1.76. The van der Waals surface area contributed by atoms with E-state index >= 15 is 0 Å². The summed E-state index contributed by atoms with van der Waals surface area (Å²) in [7, 11) is 0. The minimum absolute atomic E-state index is 0.0949. The smallest absolute Gasteiger partial charge is 0.262 e. The van der Waals surface area contributed by atoms with Crippen LogP contribution in [-0.2, 0) is 4.79 Å². The number of carbonyl (C=O) groups excluding carboxylic acids is 2. The van der Waals surface area contributed by atoms with Crippen LogP contribution in [-0.4, -0.2) is 65.8 Å². The van der Waals surface area contributed by atoms with Crippen LogP contribution < -0.4 is 5.32 Å². The van der Waals surface area contributed by atoms with Crippen molar-refractivity contribution in [1.82, 2.24) is 15.1 Å². The Balaban J connectivity index is 1.36. The lowest BCUT2D eigenvalue weighted by molar-refractivity contribution is -0.127. The number of nitrogens with one attached hydrogen (secondary N) is 1. The molecule has 2 amide bonds. The van der Waals surface area contributed by atoms with E-state index in [1.54, 1.807) is 34.1 Å². The molecule has 140 valence electrons. The molecule has 2 saturated heterocycles. The molecular weight excluding hydrogens is 340 g/mol. The lowest BCUT2D eigenvalue weighted by Gasteiger charge is -2.45. The molecule has 5 nitrogen and oxygen atoms in total. The van der Waals surface area contributed by atoms with Gasteiger partial charge in [0.25, 0.3) is 11.8 Å². The highest BCUT2D eigenvalue weighted by Crippen LogP contribution is 2.36. The second kappa shape index (κ2) is 6.61. The largest absolute Gasteiger partial charge is 0.354 e. The summed E-state index contributed by atoms with van der Waals surface area (Å²) in [5.74, 6) is -2.74. The molecule has 3 fully saturated rings. The fourth-order valence-electron chi connectivity index (χ4n) is 3.75. The third kappa shape index (κ3) is 3.58. The van der Waals surface area contributed by atoms with E-state index in [0.29, 0.717) is 31.1 Å². The molecule has 0 radical (unpaired) electrons. The van der Waals surface area contributed by atoms with Gasteiger partial charge in [0.05, 0.1) is 12.6 Å². The molecular formula is C19H23F2N3O2. The van der Waals surface area contributed by atoms with E-state index in [1.165, 1.54) is 0 Å². The summed E-state index contributed by atoms with van der Waals surface area (Å²) < 4.78 is 27.9. The lowest BCUT2D eigenvalue weighted by Crippen LogP contribution is -2.63. The van der Waals surface area contributed by atoms with Gasteiger partial charge in [-0.15, -0.1) is 0 Å². The molecule has 1 aliphatic carbocycles. The highest BCUT2D eigenvalue weighted by Gasteiger charge is 2.52. The fraction of sp³-hybridized carbons (Fsp3) is 0.579. The van der Waals surface area contributed by atoms with E-state index < -0.39 is 24.9 Å². The first-order valence-corrected chi connectivity index (χ1v) is 9.18. The highest BCUT2D eigenvalue weighted by atomic mass is 19.3. The maximum Gasteiger partial charge on any atom is 0.262 e. The third-order valence-electron chi connectivity index (χ3n) is 5.51. The molecule has 1 aromatic carbocycles. The van der Waals surface area contributed by atoms with Crippen molar-refractivity contribution in [1.29, 1.82) is 0 Å². The fourth-order valence-corrected chi connectivity index (χ4v) is 3.75. The minimum Gasteiger partial charge on any atom is -0.354 e. The van der Waals surface area contributed by atoms with E-state index in [-0.39, 0.29) is 17.9 Å². The Morgan fingerprint density at radius 2 is 1.85 bits per heavy atom. The van der Waals surface area contributed by atoms with Crippen LogP contribution in [0.1, 0.15) is 29.6 Å². The Morgan fingerprint density at radius 3 is 2.50 bits per heavy atom. The van der Waals surface area contributed by atoms with Crippen molar-refractivity contribution in [3.63, 3.8) is 0 Å². The number of hydrogen-bond donors (Lipinski definition) is 1. The van der Waals surface area contributed by atoms with Crippen LogP contribution in [0.25, 0.3) is 0 Å². The molecule has 0 spiro atoms. The molecule has 7 heteroatoms. The van der Waals surface area contributed by atoms with Crippen molar-refractivity contribution in [2.24, 2.45) is 5.92 Å². The number of amides is 2.